The molecule has 0 saturated carbocycles. The Labute approximate surface area is 168 Å². The van der Waals surface area contributed by atoms with Crippen molar-refractivity contribution >= 4 is 18.3 Å². The molecule has 28 heavy (non-hydrogen) atoms. The van der Waals surface area contributed by atoms with E-state index in [1.165, 1.54) is 5.56 Å². The van der Waals surface area contributed by atoms with E-state index in [2.05, 4.69) is 15.7 Å². The molecule has 154 valence electrons. The van der Waals surface area contributed by atoms with Gasteiger partial charge in [0.25, 0.3) is 5.91 Å². The van der Waals surface area contributed by atoms with Crippen LogP contribution in [0, 0.1) is 0 Å². The summed E-state index contributed by atoms with van der Waals surface area (Å²) in [7, 11) is 0. The van der Waals surface area contributed by atoms with E-state index >= 15 is 0 Å². The number of fused-ring (bicyclic) bond motifs is 1. The summed E-state index contributed by atoms with van der Waals surface area (Å²) in [5.74, 6) is -0.775. The lowest BCUT2D eigenvalue weighted by atomic mass is 9.94. The first-order chi connectivity index (χ1) is 12.6. The van der Waals surface area contributed by atoms with Crippen LogP contribution in [-0.4, -0.2) is 28.8 Å². The Morgan fingerprint density at radius 3 is 2.61 bits per heavy atom. The largest absolute Gasteiger partial charge is 0.433 e. The van der Waals surface area contributed by atoms with E-state index in [1.807, 2.05) is 24.3 Å². The summed E-state index contributed by atoms with van der Waals surface area (Å²) < 4.78 is 41.6. The molecule has 2 heterocycles. The number of nitrogens with one attached hydrogen (secondary N) is 2. The summed E-state index contributed by atoms with van der Waals surface area (Å²) in [6, 6.07) is 7.73. The van der Waals surface area contributed by atoms with Crippen molar-refractivity contribution in [1.29, 1.82) is 0 Å². The van der Waals surface area contributed by atoms with Gasteiger partial charge in [-0.25, -0.2) is 0 Å². The number of carbonyl (C=O) groups excluding carboxylic acids is 1. The Bertz CT molecular complexity index is 842. The molecule has 0 radical (unpaired) electrons. The topological polar surface area (TPSA) is 59.0 Å². The molecule has 3 rings (SSSR count). The molecule has 2 N–H and O–H groups in total. The normalized spacial score (nSPS) is 16.9. The zero-order valence-corrected chi connectivity index (χ0v) is 16.7. The summed E-state index contributed by atoms with van der Waals surface area (Å²) in [5.41, 5.74) is -0.128. The number of alkyl halides is 3. The van der Waals surface area contributed by atoms with Crippen LogP contribution in [0.5, 0.6) is 0 Å². The van der Waals surface area contributed by atoms with Gasteiger partial charge in [-0.3, -0.25) is 9.48 Å². The molecule has 2 aromatic rings. The lowest BCUT2D eigenvalue weighted by molar-refractivity contribution is -0.146. The van der Waals surface area contributed by atoms with Crippen molar-refractivity contribution in [2.75, 3.05) is 13.1 Å². The average Bonchev–Trinajstić information content (AvgIpc) is 3.05. The molecule has 1 aromatic carbocycles. The molecular formula is C19H24ClF3N4O. The second kappa shape index (κ2) is 8.13. The van der Waals surface area contributed by atoms with Gasteiger partial charge in [-0.15, -0.1) is 12.4 Å². The molecule has 5 nitrogen and oxygen atoms in total. The van der Waals surface area contributed by atoms with Gasteiger partial charge < -0.3 is 10.6 Å². The van der Waals surface area contributed by atoms with Crippen molar-refractivity contribution in [3.05, 3.63) is 52.8 Å². The van der Waals surface area contributed by atoms with E-state index in [0.29, 0.717) is 0 Å². The van der Waals surface area contributed by atoms with Gasteiger partial charge in [0.05, 0.1) is 17.3 Å². The number of rotatable bonds is 3. The summed E-state index contributed by atoms with van der Waals surface area (Å²) in [5, 5.41) is 9.76. The lowest BCUT2D eigenvalue weighted by Gasteiger charge is -2.27. The summed E-state index contributed by atoms with van der Waals surface area (Å²) in [6.45, 7) is 5.79. The number of amides is 1. The van der Waals surface area contributed by atoms with Crippen LogP contribution < -0.4 is 10.6 Å². The fourth-order valence-electron chi connectivity index (χ4n) is 3.36. The fraction of sp³-hybridized carbons (Fsp3) is 0.474. The molecule has 9 heteroatoms. The average molecular weight is 417 g/mol. The zero-order valence-electron chi connectivity index (χ0n) is 15.9. The molecular weight excluding hydrogens is 393 g/mol. The maximum atomic E-state index is 13.6. The van der Waals surface area contributed by atoms with Gasteiger partial charge in [0.2, 0.25) is 0 Å². The number of aromatic nitrogens is 2. The van der Waals surface area contributed by atoms with Crippen molar-refractivity contribution in [3.8, 4) is 0 Å². The molecule has 1 aliphatic heterocycles. The van der Waals surface area contributed by atoms with Crippen molar-refractivity contribution < 1.29 is 18.0 Å². The van der Waals surface area contributed by atoms with Gasteiger partial charge >= 0.3 is 6.18 Å². The molecule has 0 fully saturated rings. The van der Waals surface area contributed by atoms with Crippen LogP contribution in [0.1, 0.15) is 54.0 Å². The minimum absolute atomic E-state index is 0. The monoisotopic (exact) mass is 416 g/mol. The molecule has 0 saturated heterocycles. The van der Waals surface area contributed by atoms with E-state index in [-0.39, 0.29) is 25.0 Å². The minimum atomic E-state index is -4.67. The first-order valence-electron chi connectivity index (χ1n) is 8.84. The highest BCUT2D eigenvalue weighted by Gasteiger charge is 2.42. The predicted molar refractivity (Wildman–Crippen MR) is 103 cm³/mol. The van der Waals surface area contributed by atoms with Crippen LogP contribution in [0.2, 0.25) is 0 Å². The Morgan fingerprint density at radius 2 is 1.96 bits per heavy atom. The quantitative estimate of drug-likeness (QED) is 0.802. The van der Waals surface area contributed by atoms with Gasteiger partial charge in [0.15, 0.2) is 5.69 Å². The summed E-state index contributed by atoms with van der Waals surface area (Å²) in [6.07, 6.45) is -2.80. The van der Waals surface area contributed by atoms with E-state index in [4.69, 9.17) is 0 Å². The Balaban J connectivity index is 0.00000280. The van der Waals surface area contributed by atoms with Crippen molar-refractivity contribution in [1.82, 2.24) is 20.4 Å². The summed E-state index contributed by atoms with van der Waals surface area (Å²) >= 11 is 0. The summed E-state index contributed by atoms with van der Waals surface area (Å²) in [4.78, 5) is 12.5. The third-order valence-corrected chi connectivity index (χ3v) is 4.60. The number of nitrogens with zero attached hydrogens (tertiary/aromatic N) is 2. The van der Waals surface area contributed by atoms with E-state index < -0.39 is 28.9 Å². The van der Waals surface area contributed by atoms with Crippen molar-refractivity contribution in [2.24, 2.45) is 0 Å². The first-order valence-corrected chi connectivity index (χ1v) is 8.84. The van der Waals surface area contributed by atoms with Crippen LogP contribution in [-0.2, 0) is 18.1 Å². The van der Waals surface area contributed by atoms with E-state index in [9.17, 15) is 18.0 Å². The van der Waals surface area contributed by atoms with Gasteiger partial charge in [-0.2, -0.15) is 18.3 Å². The van der Waals surface area contributed by atoms with Crippen molar-refractivity contribution in [2.45, 2.75) is 44.9 Å². The smallest absolute Gasteiger partial charge is 0.350 e. The Morgan fingerprint density at radius 1 is 1.29 bits per heavy atom. The number of hydrogen-bond donors (Lipinski definition) is 2. The van der Waals surface area contributed by atoms with Crippen LogP contribution in [0.25, 0.3) is 0 Å². The fourth-order valence-corrected chi connectivity index (χ4v) is 3.36. The maximum absolute atomic E-state index is 13.6. The third kappa shape index (κ3) is 4.50. The molecule has 1 amide bonds. The SMILES string of the molecule is CC(C)(C)n1ncc(C(=O)NCC2NCCc3ccccc32)c1C(F)(F)F.Cl. The second-order valence-electron chi connectivity index (χ2n) is 7.65. The molecule has 1 aromatic heterocycles. The lowest BCUT2D eigenvalue weighted by Crippen LogP contribution is -2.39. The first kappa shape index (κ1) is 22.2. The van der Waals surface area contributed by atoms with Gasteiger partial charge in [0.1, 0.15) is 0 Å². The minimum Gasteiger partial charge on any atom is -0.350 e. The molecule has 0 bridgehead atoms. The standard InChI is InChI=1S/C19H23F3N4O.ClH/c1-18(2,3)26-16(19(20,21)22)14(10-25-26)17(27)24-11-15-13-7-5-4-6-12(13)8-9-23-15;/h4-7,10,15,23H,8-9,11H2,1-3H3,(H,24,27);1H. The number of benzene rings is 1. The number of hydrogen-bond acceptors (Lipinski definition) is 3. The Hall–Kier alpha value is -2.06. The second-order valence-corrected chi connectivity index (χ2v) is 7.65. The Kier molecular flexibility index (Phi) is 6.45. The van der Waals surface area contributed by atoms with Crippen LogP contribution >= 0.6 is 12.4 Å². The van der Waals surface area contributed by atoms with E-state index in [1.54, 1.807) is 20.8 Å². The van der Waals surface area contributed by atoms with E-state index in [0.717, 1.165) is 29.4 Å². The van der Waals surface area contributed by atoms with Gasteiger partial charge in [0, 0.05) is 12.6 Å². The third-order valence-electron chi connectivity index (χ3n) is 4.60. The molecule has 1 atom stereocenters. The molecule has 1 aliphatic rings. The molecule has 0 spiro atoms. The zero-order chi connectivity index (χ0) is 19.8. The van der Waals surface area contributed by atoms with Gasteiger partial charge in [-0.05, 0) is 44.9 Å². The molecule has 1 unspecified atom stereocenters. The van der Waals surface area contributed by atoms with Crippen LogP contribution in [0.15, 0.2) is 30.5 Å². The number of carbonyl (C=O) groups is 1. The van der Waals surface area contributed by atoms with Crippen LogP contribution in [0.4, 0.5) is 13.2 Å². The highest BCUT2D eigenvalue weighted by molar-refractivity contribution is 5.95. The highest BCUT2D eigenvalue weighted by Crippen LogP contribution is 2.35. The predicted octanol–water partition coefficient (Wildman–Crippen LogP) is 3.70. The van der Waals surface area contributed by atoms with Crippen LogP contribution in [0.3, 0.4) is 0 Å². The number of halogens is 4. The van der Waals surface area contributed by atoms with Crippen molar-refractivity contribution in [3.63, 3.8) is 0 Å². The maximum Gasteiger partial charge on any atom is 0.433 e. The highest BCUT2D eigenvalue weighted by atomic mass is 35.5. The molecule has 0 aliphatic carbocycles. The van der Waals surface area contributed by atoms with Gasteiger partial charge in [-0.1, -0.05) is 24.3 Å².